The van der Waals surface area contributed by atoms with Crippen molar-refractivity contribution in [3.05, 3.63) is 179 Å². The Morgan fingerprint density at radius 2 is 1.27 bits per heavy atom. The molecule has 1 unspecified atom stereocenters. The van der Waals surface area contributed by atoms with Gasteiger partial charge in [0.2, 0.25) is 0 Å². The zero-order valence-electron chi connectivity index (χ0n) is 28.1. The van der Waals surface area contributed by atoms with Crippen LogP contribution in [0.25, 0.3) is 55.2 Å². The predicted octanol–water partition coefficient (Wildman–Crippen LogP) is 12.1. The highest BCUT2D eigenvalue weighted by Gasteiger charge is 2.50. The Kier molecular flexibility index (Phi) is 5.92. The van der Waals surface area contributed by atoms with E-state index in [2.05, 4.69) is 165 Å². The zero-order valence-corrected chi connectivity index (χ0v) is 28.1. The van der Waals surface area contributed by atoms with Gasteiger partial charge in [-0.1, -0.05) is 140 Å². The lowest BCUT2D eigenvalue weighted by atomic mass is 9.66. The van der Waals surface area contributed by atoms with Crippen LogP contribution in [0.3, 0.4) is 0 Å². The van der Waals surface area contributed by atoms with Crippen LogP contribution in [0.4, 0.5) is 5.69 Å². The van der Waals surface area contributed by atoms with Crippen molar-refractivity contribution in [2.75, 3.05) is 0 Å². The number of pyridine rings is 1. The summed E-state index contributed by atoms with van der Waals surface area (Å²) in [5.74, 6) is 2.19. The zero-order chi connectivity index (χ0) is 33.7. The van der Waals surface area contributed by atoms with E-state index in [1.54, 1.807) is 0 Å². The van der Waals surface area contributed by atoms with Crippen LogP contribution in [0.15, 0.2) is 157 Å². The van der Waals surface area contributed by atoms with Gasteiger partial charge in [-0.15, -0.1) is 0 Å². The van der Waals surface area contributed by atoms with Crippen molar-refractivity contribution in [1.29, 1.82) is 0 Å². The summed E-state index contributed by atoms with van der Waals surface area (Å²) in [7, 11) is 0. The number of fused-ring (bicyclic) bond motifs is 13. The molecular formula is C48H32N2O. The molecule has 11 rings (SSSR count). The lowest BCUT2D eigenvalue weighted by molar-refractivity contribution is 0.436. The topological polar surface area (TPSA) is 34.5 Å². The van der Waals surface area contributed by atoms with Gasteiger partial charge in [0, 0.05) is 28.3 Å². The number of aromatic nitrogens is 1. The fraction of sp³-hybridized carbons (Fsp3) is 0.0833. The van der Waals surface area contributed by atoms with Crippen LogP contribution in [0.5, 0.6) is 11.5 Å². The molecule has 3 heteroatoms. The van der Waals surface area contributed by atoms with Crippen molar-refractivity contribution in [3.63, 3.8) is 0 Å². The average Bonchev–Trinajstić information content (AvgIpc) is 3.47. The third-order valence-corrected chi connectivity index (χ3v) is 11.3. The molecule has 2 aliphatic heterocycles. The van der Waals surface area contributed by atoms with E-state index in [1.807, 2.05) is 0 Å². The van der Waals surface area contributed by atoms with E-state index in [0.717, 1.165) is 62.5 Å². The van der Waals surface area contributed by atoms with Gasteiger partial charge >= 0.3 is 0 Å². The van der Waals surface area contributed by atoms with E-state index in [4.69, 9.17) is 14.7 Å². The second-order valence-electron chi connectivity index (χ2n) is 14.2. The van der Waals surface area contributed by atoms with Gasteiger partial charge in [0.15, 0.2) is 0 Å². The molecule has 1 aromatic heterocycles. The average molecular weight is 653 g/mol. The normalized spacial score (nSPS) is 15.9. The quantitative estimate of drug-likeness (QED) is 0.186. The summed E-state index contributed by atoms with van der Waals surface area (Å²) in [6.07, 6.45) is 3.05. The van der Waals surface area contributed by atoms with Crippen molar-refractivity contribution in [2.45, 2.75) is 18.8 Å². The third-order valence-electron chi connectivity index (χ3n) is 11.3. The van der Waals surface area contributed by atoms with E-state index in [0.29, 0.717) is 5.92 Å². The molecule has 0 saturated heterocycles. The van der Waals surface area contributed by atoms with Gasteiger partial charge < -0.3 is 4.74 Å². The SMILES string of the molecule is CC1C=Nc2c(ccc3ccc(-c4c(-c5ccc6c(c5)Oc5ccccc5C65c6ccccc6-c6ccccc65)ccc5ccccc45)nc23)C1. The molecule has 3 heterocycles. The van der Waals surface area contributed by atoms with Crippen molar-refractivity contribution in [2.24, 2.45) is 10.9 Å². The van der Waals surface area contributed by atoms with E-state index in [9.17, 15) is 0 Å². The van der Waals surface area contributed by atoms with E-state index in [1.165, 1.54) is 44.2 Å². The number of rotatable bonds is 2. The second kappa shape index (κ2) is 10.6. The lowest BCUT2D eigenvalue weighted by Gasteiger charge is -2.39. The van der Waals surface area contributed by atoms with Crippen molar-refractivity contribution in [1.82, 2.24) is 4.98 Å². The molecule has 0 N–H and O–H groups in total. The van der Waals surface area contributed by atoms with E-state index < -0.39 is 5.41 Å². The maximum atomic E-state index is 6.89. The van der Waals surface area contributed by atoms with Crippen LogP contribution in [-0.4, -0.2) is 11.2 Å². The molecule has 0 bridgehead atoms. The van der Waals surface area contributed by atoms with E-state index in [-0.39, 0.29) is 0 Å². The first-order valence-electron chi connectivity index (χ1n) is 17.8. The number of hydrogen-bond donors (Lipinski definition) is 0. The van der Waals surface area contributed by atoms with Crippen LogP contribution in [-0.2, 0) is 11.8 Å². The molecule has 0 radical (unpaired) electrons. The summed E-state index contributed by atoms with van der Waals surface area (Å²) in [4.78, 5) is 10.3. The Balaban J connectivity index is 1.16. The molecule has 0 fully saturated rings. The fourth-order valence-electron chi connectivity index (χ4n) is 9.08. The minimum atomic E-state index is -0.487. The summed E-state index contributed by atoms with van der Waals surface area (Å²) in [6.45, 7) is 2.22. The Labute approximate surface area is 296 Å². The van der Waals surface area contributed by atoms with Gasteiger partial charge in [0.05, 0.1) is 22.3 Å². The summed E-state index contributed by atoms with van der Waals surface area (Å²) < 4.78 is 6.89. The third kappa shape index (κ3) is 3.95. The van der Waals surface area contributed by atoms with Crippen LogP contribution < -0.4 is 4.74 Å². The Morgan fingerprint density at radius 1 is 0.588 bits per heavy atom. The van der Waals surface area contributed by atoms with Crippen molar-refractivity contribution >= 4 is 33.6 Å². The number of ether oxygens (including phenoxy) is 1. The molecule has 7 aromatic carbocycles. The van der Waals surface area contributed by atoms with Gasteiger partial charge in [-0.25, -0.2) is 4.98 Å². The summed E-state index contributed by atoms with van der Waals surface area (Å²) in [5.41, 5.74) is 14.5. The molecular weight excluding hydrogens is 621 g/mol. The molecule has 0 saturated carbocycles. The van der Waals surface area contributed by atoms with Gasteiger partial charge in [-0.05, 0) is 80.3 Å². The predicted molar refractivity (Wildman–Crippen MR) is 209 cm³/mol. The molecule has 3 nitrogen and oxygen atoms in total. The Morgan fingerprint density at radius 3 is 2.12 bits per heavy atom. The molecule has 0 amide bonds. The molecule has 1 aliphatic carbocycles. The van der Waals surface area contributed by atoms with Crippen LogP contribution >= 0.6 is 0 Å². The molecule has 3 aliphatic rings. The number of benzene rings is 7. The molecule has 240 valence electrons. The van der Waals surface area contributed by atoms with Crippen LogP contribution in [0.2, 0.25) is 0 Å². The maximum Gasteiger partial charge on any atom is 0.132 e. The Bertz CT molecular complexity index is 2750. The first-order chi connectivity index (χ1) is 25.2. The fourth-order valence-corrected chi connectivity index (χ4v) is 9.08. The highest BCUT2D eigenvalue weighted by atomic mass is 16.5. The lowest BCUT2D eigenvalue weighted by Crippen LogP contribution is -2.32. The minimum absolute atomic E-state index is 0.423. The standard InChI is InChI=1S/C48H32N2O/c1-29-26-33-19-18-31-22-25-42(50-47(31)46(33)49-28-29)45-34-11-3-2-10-30(34)20-23-35(45)32-21-24-41-44(27-32)51-43-17-9-8-16-40(43)48(41)38-14-6-4-12-36(38)37-13-5-7-15-39(37)48/h2-25,27-29H,26H2,1H3. The van der Waals surface area contributed by atoms with Crippen molar-refractivity contribution < 1.29 is 4.74 Å². The smallest absolute Gasteiger partial charge is 0.132 e. The largest absolute Gasteiger partial charge is 0.457 e. The monoisotopic (exact) mass is 652 g/mol. The number of hydrogen-bond acceptors (Lipinski definition) is 3. The van der Waals surface area contributed by atoms with Crippen LogP contribution in [0.1, 0.15) is 34.7 Å². The van der Waals surface area contributed by atoms with E-state index >= 15 is 0 Å². The van der Waals surface area contributed by atoms with Gasteiger partial charge in [-0.3, -0.25) is 4.99 Å². The highest BCUT2D eigenvalue weighted by molar-refractivity contribution is 6.05. The summed E-state index contributed by atoms with van der Waals surface area (Å²) >= 11 is 0. The van der Waals surface area contributed by atoms with Gasteiger partial charge in [-0.2, -0.15) is 0 Å². The summed E-state index contributed by atoms with van der Waals surface area (Å²) in [5, 5.41) is 3.46. The first-order valence-corrected chi connectivity index (χ1v) is 17.8. The highest BCUT2D eigenvalue weighted by Crippen LogP contribution is 2.62. The molecule has 1 atom stereocenters. The number of para-hydroxylation sites is 1. The maximum absolute atomic E-state index is 6.89. The van der Waals surface area contributed by atoms with Crippen molar-refractivity contribution in [3.8, 4) is 45.0 Å². The van der Waals surface area contributed by atoms with Gasteiger partial charge in [0.25, 0.3) is 0 Å². The number of nitrogens with zero attached hydrogens (tertiary/aromatic N) is 2. The molecule has 51 heavy (non-hydrogen) atoms. The first kappa shape index (κ1) is 28.5. The second-order valence-corrected chi connectivity index (χ2v) is 14.2. The minimum Gasteiger partial charge on any atom is -0.457 e. The number of aliphatic imine (C=N–C) groups is 1. The van der Waals surface area contributed by atoms with Gasteiger partial charge in [0.1, 0.15) is 11.5 Å². The Hall–Kier alpha value is -6.32. The molecule has 8 aromatic rings. The van der Waals surface area contributed by atoms with Crippen LogP contribution in [0, 0.1) is 5.92 Å². The molecule has 1 spiro atoms. The summed E-state index contributed by atoms with van der Waals surface area (Å²) in [6, 6.07) is 55.0.